The number of nitrogens with zero attached hydrogens (tertiary/aromatic N) is 2. The molecule has 1 rings (SSSR count). The third-order valence-electron chi connectivity index (χ3n) is 1.51. The highest BCUT2D eigenvalue weighted by Crippen LogP contribution is 2.00. The van der Waals surface area contributed by atoms with E-state index < -0.39 is 6.09 Å². The summed E-state index contributed by atoms with van der Waals surface area (Å²) < 4.78 is 4.38. The maximum Gasteiger partial charge on any atom is 0.413 e. The summed E-state index contributed by atoms with van der Waals surface area (Å²) in [6.07, 6.45) is 3.64. The molecule has 1 amide bonds. The Morgan fingerprint density at radius 3 is 2.62 bits per heavy atom. The van der Waals surface area contributed by atoms with E-state index in [1.54, 1.807) is 12.4 Å². The average Bonchev–Trinajstić information content (AvgIpc) is 2.19. The number of hydrogen-bond acceptors (Lipinski definition) is 4. The lowest BCUT2D eigenvalue weighted by molar-refractivity contribution is 0.186. The minimum Gasteiger partial charge on any atom is -0.453 e. The summed E-state index contributed by atoms with van der Waals surface area (Å²) in [6, 6.07) is 0. The third-order valence-corrected chi connectivity index (χ3v) is 1.51. The molecular weight excluding hydrogens is 170 g/mol. The Balaban J connectivity index is 2.64. The fourth-order valence-corrected chi connectivity index (χ4v) is 0.744. The molecule has 0 fully saturated rings. The summed E-state index contributed by atoms with van der Waals surface area (Å²) in [5.74, 6) is 0.254. The molecule has 1 aromatic rings. The van der Waals surface area contributed by atoms with Gasteiger partial charge < -0.3 is 4.74 Å². The van der Waals surface area contributed by atoms with Crippen LogP contribution < -0.4 is 5.32 Å². The number of aryl methyl sites for hydroxylation is 1. The highest BCUT2D eigenvalue weighted by atomic mass is 16.5. The van der Waals surface area contributed by atoms with Crippen molar-refractivity contribution in [2.24, 2.45) is 0 Å². The lowest BCUT2D eigenvalue weighted by Crippen LogP contribution is -2.13. The number of methoxy groups -OCH3 is 1. The Labute approximate surface area is 76.2 Å². The topological polar surface area (TPSA) is 64.1 Å². The van der Waals surface area contributed by atoms with Crippen molar-refractivity contribution in [2.45, 2.75) is 13.3 Å². The number of nitrogens with one attached hydrogen (secondary N) is 1. The molecule has 5 nitrogen and oxygen atoms in total. The van der Waals surface area contributed by atoms with Crippen molar-refractivity contribution >= 4 is 12.0 Å². The quantitative estimate of drug-likeness (QED) is 0.745. The fourth-order valence-electron chi connectivity index (χ4n) is 0.744. The molecule has 0 atom stereocenters. The van der Waals surface area contributed by atoms with Gasteiger partial charge in [0.25, 0.3) is 0 Å². The van der Waals surface area contributed by atoms with Crippen LogP contribution in [0.5, 0.6) is 0 Å². The van der Waals surface area contributed by atoms with Crippen LogP contribution in [0.1, 0.15) is 12.5 Å². The van der Waals surface area contributed by atoms with E-state index in [1.165, 1.54) is 7.11 Å². The van der Waals surface area contributed by atoms with E-state index in [4.69, 9.17) is 0 Å². The van der Waals surface area contributed by atoms with Crippen LogP contribution in [0.15, 0.2) is 12.4 Å². The molecule has 0 saturated heterocycles. The monoisotopic (exact) mass is 181 g/mol. The minimum absolute atomic E-state index is 0.254. The molecule has 0 radical (unpaired) electrons. The van der Waals surface area contributed by atoms with Gasteiger partial charge >= 0.3 is 6.09 Å². The van der Waals surface area contributed by atoms with Crippen molar-refractivity contribution in [1.82, 2.24) is 9.97 Å². The Hall–Kier alpha value is -1.65. The van der Waals surface area contributed by atoms with Crippen molar-refractivity contribution in [2.75, 3.05) is 12.4 Å². The minimum atomic E-state index is -0.566. The van der Waals surface area contributed by atoms with Gasteiger partial charge in [-0.05, 0) is 12.0 Å². The van der Waals surface area contributed by atoms with Gasteiger partial charge in [-0.1, -0.05) is 6.92 Å². The second kappa shape index (κ2) is 4.39. The maximum atomic E-state index is 10.7. The summed E-state index contributed by atoms with van der Waals surface area (Å²) in [4.78, 5) is 18.6. The van der Waals surface area contributed by atoms with E-state index in [1.807, 2.05) is 6.92 Å². The summed E-state index contributed by atoms with van der Waals surface area (Å²) in [6.45, 7) is 2.01. The van der Waals surface area contributed by atoms with Gasteiger partial charge in [0, 0.05) is 12.4 Å². The van der Waals surface area contributed by atoms with E-state index in [0.29, 0.717) is 0 Å². The lowest BCUT2D eigenvalue weighted by Gasteiger charge is -2.01. The molecule has 0 saturated carbocycles. The number of rotatable bonds is 2. The molecule has 0 aliphatic rings. The Morgan fingerprint density at radius 1 is 1.54 bits per heavy atom. The highest BCUT2D eigenvalue weighted by Gasteiger charge is 2.01. The summed E-state index contributed by atoms with van der Waals surface area (Å²) in [5.41, 5.74) is 1.02. The highest BCUT2D eigenvalue weighted by molar-refractivity contribution is 5.81. The lowest BCUT2D eigenvalue weighted by atomic mass is 10.3. The zero-order valence-electron chi connectivity index (χ0n) is 7.57. The summed E-state index contributed by atoms with van der Waals surface area (Å²) in [5, 5.41) is 2.36. The SMILES string of the molecule is CCc1cnc(NC(=O)OC)nc1. The van der Waals surface area contributed by atoms with E-state index in [-0.39, 0.29) is 5.95 Å². The molecule has 0 aliphatic heterocycles. The molecule has 0 bridgehead atoms. The first-order chi connectivity index (χ1) is 6.26. The first-order valence-corrected chi connectivity index (χ1v) is 3.92. The molecule has 13 heavy (non-hydrogen) atoms. The molecule has 1 N–H and O–H groups in total. The summed E-state index contributed by atoms with van der Waals surface area (Å²) >= 11 is 0. The molecule has 0 aromatic carbocycles. The average molecular weight is 181 g/mol. The van der Waals surface area contributed by atoms with Gasteiger partial charge in [-0.3, -0.25) is 5.32 Å². The van der Waals surface area contributed by atoms with Gasteiger partial charge in [0.1, 0.15) is 0 Å². The smallest absolute Gasteiger partial charge is 0.413 e. The Morgan fingerprint density at radius 2 is 2.15 bits per heavy atom. The van der Waals surface area contributed by atoms with Crippen molar-refractivity contribution in [3.8, 4) is 0 Å². The van der Waals surface area contributed by atoms with E-state index >= 15 is 0 Å². The molecule has 1 heterocycles. The summed E-state index contributed by atoms with van der Waals surface area (Å²) in [7, 11) is 1.29. The van der Waals surface area contributed by atoms with E-state index in [0.717, 1.165) is 12.0 Å². The van der Waals surface area contributed by atoms with E-state index in [2.05, 4.69) is 20.0 Å². The maximum absolute atomic E-state index is 10.7. The van der Waals surface area contributed by atoms with Crippen LogP contribution in [0.2, 0.25) is 0 Å². The number of ether oxygens (including phenoxy) is 1. The van der Waals surface area contributed by atoms with Gasteiger partial charge in [0.2, 0.25) is 5.95 Å². The number of carbonyl (C=O) groups excluding carboxylic acids is 1. The van der Waals surface area contributed by atoms with Crippen molar-refractivity contribution in [3.05, 3.63) is 18.0 Å². The van der Waals surface area contributed by atoms with Crippen LogP contribution in [-0.4, -0.2) is 23.2 Å². The van der Waals surface area contributed by atoms with Crippen LogP contribution in [0, 0.1) is 0 Å². The van der Waals surface area contributed by atoms with Crippen LogP contribution >= 0.6 is 0 Å². The van der Waals surface area contributed by atoms with Crippen molar-refractivity contribution in [3.63, 3.8) is 0 Å². The number of hydrogen-bond donors (Lipinski definition) is 1. The van der Waals surface area contributed by atoms with Crippen LogP contribution in [0.4, 0.5) is 10.7 Å². The van der Waals surface area contributed by atoms with Crippen molar-refractivity contribution in [1.29, 1.82) is 0 Å². The first-order valence-electron chi connectivity index (χ1n) is 3.92. The fraction of sp³-hybridized carbons (Fsp3) is 0.375. The normalized spacial score (nSPS) is 9.38. The zero-order valence-corrected chi connectivity index (χ0v) is 7.57. The number of aromatic nitrogens is 2. The van der Waals surface area contributed by atoms with Gasteiger partial charge in [-0.15, -0.1) is 0 Å². The molecule has 0 aliphatic carbocycles. The Kier molecular flexibility index (Phi) is 3.19. The predicted octanol–water partition coefficient (Wildman–Crippen LogP) is 1.22. The Bertz CT molecular complexity index is 284. The van der Waals surface area contributed by atoms with Crippen LogP contribution in [0.3, 0.4) is 0 Å². The second-order valence-electron chi connectivity index (χ2n) is 2.39. The third kappa shape index (κ3) is 2.70. The van der Waals surface area contributed by atoms with Crippen LogP contribution in [-0.2, 0) is 11.2 Å². The van der Waals surface area contributed by atoms with Gasteiger partial charge in [0.05, 0.1) is 7.11 Å². The van der Waals surface area contributed by atoms with Gasteiger partial charge in [-0.2, -0.15) is 0 Å². The zero-order chi connectivity index (χ0) is 9.68. The number of carbonyl (C=O) groups is 1. The number of amides is 1. The van der Waals surface area contributed by atoms with Gasteiger partial charge in [0.15, 0.2) is 0 Å². The van der Waals surface area contributed by atoms with E-state index in [9.17, 15) is 4.79 Å². The van der Waals surface area contributed by atoms with Crippen molar-refractivity contribution < 1.29 is 9.53 Å². The molecular formula is C8H11N3O2. The van der Waals surface area contributed by atoms with Crippen LogP contribution in [0.25, 0.3) is 0 Å². The standard InChI is InChI=1S/C8H11N3O2/c1-3-6-4-9-7(10-5-6)11-8(12)13-2/h4-5H,3H2,1-2H3,(H,9,10,11,12). The first kappa shape index (κ1) is 9.44. The molecule has 0 spiro atoms. The molecule has 5 heteroatoms. The second-order valence-corrected chi connectivity index (χ2v) is 2.39. The number of anilines is 1. The largest absolute Gasteiger partial charge is 0.453 e. The van der Waals surface area contributed by atoms with Gasteiger partial charge in [-0.25, -0.2) is 14.8 Å². The molecule has 0 unspecified atom stereocenters. The predicted molar refractivity (Wildman–Crippen MR) is 47.4 cm³/mol. The molecule has 70 valence electrons. The molecule has 1 aromatic heterocycles.